The Morgan fingerprint density at radius 1 is 1.44 bits per heavy atom. The van der Waals surface area contributed by atoms with Crippen molar-refractivity contribution in [1.82, 2.24) is 29.1 Å². The van der Waals surface area contributed by atoms with Gasteiger partial charge in [0.2, 0.25) is 5.91 Å². The molecule has 1 atom stereocenters. The molecule has 0 bridgehead atoms. The van der Waals surface area contributed by atoms with Crippen molar-refractivity contribution >= 4 is 5.91 Å². The van der Waals surface area contributed by atoms with Gasteiger partial charge in [-0.25, -0.2) is 4.98 Å². The van der Waals surface area contributed by atoms with Gasteiger partial charge in [0.15, 0.2) is 0 Å². The van der Waals surface area contributed by atoms with Crippen molar-refractivity contribution in [3.63, 3.8) is 0 Å². The maximum Gasteiger partial charge on any atom is 0.248 e. The van der Waals surface area contributed by atoms with E-state index in [1.807, 2.05) is 31.2 Å². The van der Waals surface area contributed by atoms with Crippen LogP contribution in [0.15, 0.2) is 18.6 Å². The van der Waals surface area contributed by atoms with Crippen LogP contribution in [0.5, 0.6) is 0 Å². The number of imidazole rings is 1. The summed E-state index contributed by atoms with van der Waals surface area (Å²) in [6.07, 6.45) is 3.75. The van der Waals surface area contributed by atoms with Crippen molar-refractivity contribution in [2.24, 2.45) is 7.05 Å². The largest absolute Gasteiger partial charge is 0.369 e. The number of likely N-dealkylation sites (N-methyl/N-ethyl adjacent to an activating group) is 1. The molecule has 0 fully saturated rings. The maximum absolute atomic E-state index is 11.7. The fourth-order valence-electron chi connectivity index (χ4n) is 3.17. The molecule has 0 saturated carbocycles. The third-order valence-electron chi connectivity index (χ3n) is 4.51. The number of carbonyl (C=O) groups is 1. The Morgan fingerprint density at radius 3 is 2.92 bits per heavy atom. The van der Waals surface area contributed by atoms with Crippen LogP contribution in [0.1, 0.15) is 23.1 Å². The third-order valence-corrected chi connectivity index (χ3v) is 4.51. The predicted molar refractivity (Wildman–Crippen MR) is 92.8 cm³/mol. The second kappa shape index (κ2) is 7.37. The van der Waals surface area contributed by atoms with Gasteiger partial charge in [0.25, 0.3) is 0 Å². The number of hydrogen-bond donors (Lipinski definition) is 0. The van der Waals surface area contributed by atoms with Crippen molar-refractivity contribution in [1.29, 1.82) is 0 Å². The molecule has 1 aliphatic heterocycles. The number of fused-ring (bicyclic) bond motifs is 1. The standard InChI is InChI=1S/C17H26N6O2/c1-13-5-14(21(4)19-13)7-22-8-15-6-18-12-23(15)16(9-22)10-25-11-17(24)20(2)3/h5-6,12,16H,7-11H2,1-4H3. The number of ether oxygens (including phenoxy) is 1. The summed E-state index contributed by atoms with van der Waals surface area (Å²) in [5.41, 5.74) is 3.38. The fraction of sp³-hybridized carbons (Fsp3) is 0.588. The van der Waals surface area contributed by atoms with E-state index in [-0.39, 0.29) is 18.6 Å². The molecule has 0 N–H and O–H groups in total. The summed E-state index contributed by atoms with van der Waals surface area (Å²) in [5, 5.41) is 4.42. The minimum atomic E-state index is -0.0242. The molecule has 2 aromatic rings. The highest BCUT2D eigenvalue weighted by Crippen LogP contribution is 2.23. The number of carbonyl (C=O) groups excluding carboxylic acids is 1. The fourth-order valence-corrected chi connectivity index (χ4v) is 3.17. The topological polar surface area (TPSA) is 68.4 Å². The molecule has 25 heavy (non-hydrogen) atoms. The lowest BCUT2D eigenvalue weighted by Gasteiger charge is -2.34. The minimum absolute atomic E-state index is 0.0242. The van der Waals surface area contributed by atoms with Crippen LogP contribution in [0.2, 0.25) is 0 Å². The smallest absolute Gasteiger partial charge is 0.248 e. The lowest BCUT2D eigenvalue weighted by atomic mass is 10.2. The van der Waals surface area contributed by atoms with Crippen LogP contribution >= 0.6 is 0 Å². The molecule has 1 unspecified atom stereocenters. The number of hydrogen-bond acceptors (Lipinski definition) is 5. The molecule has 0 aliphatic carbocycles. The van der Waals surface area contributed by atoms with Gasteiger partial charge < -0.3 is 14.2 Å². The summed E-state index contributed by atoms with van der Waals surface area (Å²) in [4.78, 5) is 19.9. The molecule has 8 nitrogen and oxygen atoms in total. The van der Waals surface area contributed by atoms with E-state index in [9.17, 15) is 4.79 Å². The number of rotatable bonds is 6. The van der Waals surface area contributed by atoms with Crippen LogP contribution in [-0.2, 0) is 29.7 Å². The zero-order chi connectivity index (χ0) is 18.0. The Labute approximate surface area is 148 Å². The normalized spacial score (nSPS) is 17.5. The van der Waals surface area contributed by atoms with Crippen LogP contribution in [0.25, 0.3) is 0 Å². The maximum atomic E-state index is 11.7. The summed E-state index contributed by atoms with van der Waals surface area (Å²) >= 11 is 0. The van der Waals surface area contributed by atoms with Crippen molar-refractivity contribution in [2.75, 3.05) is 33.9 Å². The van der Waals surface area contributed by atoms with Gasteiger partial charge in [0.1, 0.15) is 6.61 Å². The van der Waals surface area contributed by atoms with E-state index in [0.29, 0.717) is 6.61 Å². The first-order valence-corrected chi connectivity index (χ1v) is 8.44. The first kappa shape index (κ1) is 17.6. The van der Waals surface area contributed by atoms with Crippen LogP contribution < -0.4 is 0 Å². The van der Waals surface area contributed by atoms with E-state index < -0.39 is 0 Å². The van der Waals surface area contributed by atoms with Gasteiger partial charge >= 0.3 is 0 Å². The molecule has 3 rings (SSSR count). The average molecular weight is 346 g/mol. The second-order valence-corrected chi connectivity index (χ2v) is 6.82. The number of nitrogens with zero attached hydrogens (tertiary/aromatic N) is 6. The lowest BCUT2D eigenvalue weighted by molar-refractivity contribution is -0.134. The van der Waals surface area contributed by atoms with Gasteiger partial charge in [-0.05, 0) is 13.0 Å². The van der Waals surface area contributed by atoms with Crippen molar-refractivity contribution in [3.05, 3.63) is 35.7 Å². The van der Waals surface area contributed by atoms with E-state index in [4.69, 9.17) is 4.74 Å². The highest BCUT2D eigenvalue weighted by molar-refractivity contribution is 5.76. The van der Waals surface area contributed by atoms with Crippen LogP contribution in [0.3, 0.4) is 0 Å². The summed E-state index contributed by atoms with van der Waals surface area (Å²) < 4.78 is 9.76. The number of aromatic nitrogens is 4. The Kier molecular flexibility index (Phi) is 5.19. The minimum Gasteiger partial charge on any atom is -0.369 e. The second-order valence-electron chi connectivity index (χ2n) is 6.82. The zero-order valence-corrected chi connectivity index (χ0v) is 15.3. The van der Waals surface area contributed by atoms with Gasteiger partial charge in [-0.2, -0.15) is 5.10 Å². The Balaban J connectivity index is 1.65. The van der Waals surface area contributed by atoms with Gasteiger partial charge in [-0.1, -0.05) is 0 Å². The lowest BCUT2D eigenvalue weighted by Crippen LogP contribution is -2.39. The first-order valence-electron chi connectivity index (χ1n) is 8.44. The van der Waals surface area contributed by atoms with E-state index in [1.165, 1.54) is 5.69 Å². The van der Waals surface area contributed by atoms with Gasteiger partial charge in [-0.3, -0.25) is 14.4 Å². The quantitative estimate of drug-likeness (QED) is 0.766. The Morgan fingerprint density at radius 2 is 2.24 bits per heavy atom. The molecular formula is C17H26N6O2. The molecule has 3 heterocycles. The molecule has 0 radical (unpaired) electrons. The van der Waals surface area contributed by atoms with Gasteiger partial charge in [0.05, 0.1) is 36.1 Å². The molecule has 0 saturated heterocycles. The monoisotopic (exact) mass is 346 g/mol. The van der Waals surface area contributed by atoms with Crippen LogP contribution in [-0.4, -0.2) is 68.9 Å². The van der Waals surface area contributed by atoms with Gasteiger partial charge in [-0.15, -0.1) is 0 Å². The molecule has 0 spiro atoms. The molecule has 2 aromatic heterocycles. The molecular weight excluding hydrogens is 320 g/mol. The number of amides is 1. The van der Waals surface area contributed by atoms with Crippen molar-refractivity contribution in [3.8, 4) is 0 Å². The summed E-state index contributed by atoms with van der Waals surface area (Å²) in [7, 11) is 5.44. The highest BCUT2D eigenvalue weighted by atomic mass is 16.5. The zero-order valence-electron chi connectivity index (χ0n) is 15.3. The van der Waals surface area contributed by atoms with E-state index in [1.54, 1.807) is 19.0 Å². The summed E-state index contributed by atoms with van der Waals surface area (Å²) in [6, 6.07) is 2.27. The van der Waals surface area contributed by atoms with E-state index in [2.05, 4.69) is 25.6 Å². The SMILES string of the molecule is Cc1cc(CN2Cc3cncn3C(COCC(=O)N(C)C)C2)n(C)n1. The Hall–Kier alpha value is -2.19. The van der Waals surface area contributed by atoms with Crippen LogP contribution in [0, 0.1) is 6.92 Å². The number of aryl methyl sites for hydroxylation is 2. The molecule has 8 heteroatoms. The highest BCUT2D eigenvalue weighted by Gasteiger charge is 2.26. The molecule has 136 valence electrons. The van der Waals surface area contributed by atoms with Crippen LogP contribution in [0.4, 0.5) is 0 Å². The van der Waals surface area contributed by atoms with Gasteiger partial charge in [0, 0.05) is 47.0 Å². The Bertz CT molecular complexity index is 735. The average Bonchev–Trinajstić information content (AvgIpc) is 3.13. The first-order chi connectivity index (χ1) is 11.9. The molecule has 0 aromatic carbocycles. The van der Waals surface area contributed by atoms with Crippen molar-refractivity contribution in [2.45, 2.75) is 26.1 Å². The van der Waals surface area contributed by atoms with E-state index >= 15 is 0 Å². The third kappa shape index (κ3) is 4.08. The predicted octanol–water partition coefficient (Wildman–Crippen LogP) is 0.587. The summed E-state index contributed by atoms with van der Waals surface area (Å²) in [5.74, 6) is -0.0242. The van der Waals surface area contributed by atoms with Crippen molar-refractivity contribution < 1.29 is 9.53 Å². The molecule has 1 aliphatic rings. The van der Waals surface area contributed by atoms with E-state index in [0.717, 1.165) is 31.0 Å². The summed E-state index contributed by atoms with van der Waals surface area (Å²) in [6.45, 7) is 5.13. The molecule has 1 amide bonds.